The molecule has 0 bridgehead atoms. The lowest BCUT2D eigenvalue weighted by Gasteiger charge is -2.27. The lowest BCUT2D eigenvalue weighted by molar-refractivity contribution is -0.153. The Labute approximate surface area is 261 Å². The van der Waals surface area contributed by atoms with E-state index in [1.807, 2.05) is 50.2 Å². The number of ether oxygens (including phenoxy) is 6. The molecule has 8 nitrogen and oxygen atoms in total. The van der Waals surface area contributed by atoms with E-state index >= 15 is 0 Å². The van der Waals surface area contributed by atoms with E-state index in [9.17, 15) is 9.59 Å². The van der Waals surface area contributed by atoms with E-state index in [2.05, 4.69) is 20.8 Å². The number of carbonyl (C=O) groups excluding carboxylic acids is 2. The van der Waals surface area contributed by atoms with Gasteiger partial charge in [0.2, 0.25) is 0 Å². The Kier molecular flexibility index (Phi) is 13.7. The van der Waals surface area contributed by atoms with Crippen LogP contribution in [0.25, 0.3) is 11.1 Å². The fourth-order valence-electron chi connectivity index (χ4n) is 4.45. The standard InChI is InChI=1S/C36H46O8/c1-26(2)33(25-36(3,4)5)35(38)43-24-22-41-20-19-40-21-23-42-31-15-11-29(12-16-31)34(37)44-32-17-9-28(10-18-32)27-7-13-30(39-6)14-8-27/h7-18,26,33H,19-25H2,1-6H3. The molecule has 0 amide bonds. The molecule has 1 atom stereocenters. The molecule has 1 unspecified atom stereocenters. The van der Waals surface area contributed by atoms with Crippen molar-refractivity contribution in [3.63, 3.8) is 0 Å². The van der Waals surface area contributed by atoms with Gasteiger partial charge in [0.1, 0.15) is 30.5 Å². The number of methoxy groups -OCH3 is 1. The fraction of sp³-hybridized carbons (Fsp3) is 0.444. The van der Waals surface area contributed by atoms with E-state index in [0.717, 1.165) is 23.3 Å². The first kappa shape index (κ1) is 34.6. The Bertz CT molecular complexity index is 1280. The second-order valence-electron chi connectivity index (χ2n) is 12.0. The average molecular weight is 607 g/mol. The van der Waals surface area contributed by atoms with E-state index in [-0.39, 0.29) is 29.8 Å². The SMILES string of the molecule is COc1ccc(-c2ccc(OC(=O)c3ccc(OCCOCCOCCOC(=O)C(CC(C)(C)C)C(C)C)cc3)cc2)cc1. The molecule has 0 saturated carbocycles. The first-order valence-electron chi connectivity index (χ1n) is 15.1. The van der Waals surface area contributed by atoms with Crippen LogP contribution in [0.15, 0.2) is 72.8 Å². The third-order valence-electron chi connectivity index (χ3n) is 6.86. The second-order valence-corrected chi connectivity index (χ2v) is 12.0. The Balaban J connectivity index is 1.27. The molecule has 0 heterocycles. The minimum absolute atomic E-state index is 0.0665. The van der Waals surface area contributed by atoms with Crippen molar-refractivity contribution in [2.24, 2.45) is 17.3 Å². The first-order chi connectivity index (χ1) is 21.1. The van der Waals surface area contributed by atoms with Gasteiger partial charge in [-0.15, -0.1) is 0 Å². The van der Waals surface area contributed by atoms with E-state index in [1.165, 1.54) is 0 Å². The quantitative estimate of drug-likeness (QED) is 0.0902. The predicted octanol–water partition coefficient (Wildman–Crippen LogP) is 7.25. The van der Waals surface area contributed by atoms with Crippen molar-refractivity contribution in [1.82, 2.24) is 0 Å². The molecule has 0 aliphatic carbocycles. The summed E-state index contributed by atoms with van der Waals surface area (Å²) < 4.78 is 32.9. The molecule has 3 rings (SSSR count). The summed E-state index contributed by atoms with van der Waals surface area (Å²) in [6.07, 6.45) is 0.791. The molecule has 0 aliphatic rings. The van der Waals surface area contributed by atoms with Crippen LogP contribution in [-0.4, -0.2) is 58.7 Å². The summed E-state index contributed by atoms with van der Waals surface area (Å²) in [6, 6.07) is 21.9. The molecule has 0 N–H and O–H groups in total. The normalized spacial score (nSPS) is 12.1. The molecule has 0 fully saturated rings. The zero-order chi connectivity index (χ0) is 32.0. The number of carbonyl (C=O) groups is 2. The van der Waals surface area contributed by atoms with Crippen LogP contribution in [0.1, 0.15) is 51.4 Å². The largest absolute Gasteiger partial charge is 0.497 e. The van der Waals surface area contributed by atoms with Gasteiger partial charge in [-0.1, -0.05) is 58.9 Å². The van der Waals surface area contributed by atoms with Crippen LogP contribution < -0.4 is 14.2 Å². The molecule has 3 aromatic rings. The fourth-order valence-corrected chi connectivity index (χ4v) is 4.45. The van der Waals surface area contributed by atoms with Crippen molar-refractivity contribution in [2.75, 3.05) is 46.8 Å². The van der Waals surface area contributed by atoms with Crippen molar-refractivity contribution in [2.45, 2.75) is 41.0 Å². The molecule has 0 radical (unpaired) electrons. The highest BCUT2D eigenvalue weighted by molar-refractivity contribution is 5.91. The van der Waals surface area contributed by atoms with Crippen LogP contribution in [0, 0.1) is 17.3 Å². The van der Waals surface area contributed by atoms with Crippen molar-refractivity contribution in [3.8, 4) is 28.4 Å². The highest BCUT2D eigenvalue weighted by Gasteiger charge is 2.28. The van der Waals surface area contributed by atoms with E-state index < -0.39 is 5.97 Å². The van der Waals surface area contributed by atoms with Crippen LogP contribution in [0.4, 0.5) is 0 Å². The zero-order valence-electron chi connectivity index (χ0n) is 26.8. The third kappa shape index (κ3) is 12.0. The Hall–Kier alpha value is -3.88. The molecule has 0 aliphatic heterocycles. The van der Waals surface area contributed by atoms with Gasteiger partial charge in [-0.2, -0.15) is 0 Å². The van der Waals surface area contributed by atoms with Gasteiger partial charge in [-0.25, -0.2) is 4.79 Å². The maximum Gasteiger partial charge on any atom is 0.343 e. The van der Waals surface area contributed by atoms with Crippen LogP contribution in [0.3, 0.4) is 0 Å². The first-order valence-corrected chi connectivity index (χ1v) is 15.1. The van der Waals surface area contributed by atoms with Crippen molar-refractivity contribution in [3.05, 3.63) is 78.4 Å². The molecule has 238 valence electrons. The van der Waals surface area contributed by atoms with Gasteiger partial charge in [-0.05, 0) is 77.4 Å². The summed E-state index contributed by atoms with van der Waals surface area (Å²) in [5.41, 5.74) is 2.54. The number of hydrogen-bond donors (Lipinski definition) is 0. The number of benzene rings is 3. The second kappa shape index (κ2) is 17.4. The highest BCUT2D eigenvalue weighted by atomic mass is 16.6. The zero-order valence-corrected chi connectivity index (χ0v) is 26.8. The lowest BCUT2D eigenvalue weighted by Crippen LogP contribution is -2.28. The van der Waals surface area contributed by atoms with Crippen LogP contribution >= 0.6 is 0 Å². The van der Waals surface area contributed by atoms with Gasteiger partial charge in [-0.3, -0.25) is 4.79 Å². The van der Waals surface area contributed by atoms with Crippen molar-refractivity contribution < 1.29 is 38.0 Å². The van der Waals surface area contributed by atoms with Gasteiger partial charge in [0.25, 0.3) is 0 Å². The van der Waals surface area contributed by atoms with Crippen LogP contribution in [0.2, 0.25) is 0 Å². The molecule has 0 saturated heterocycles. The Morgan fingerprint density at radius 1 is 0.659 bits per heavy atom. The smallest absolute Gasteiger partial charge is 0.343 e. The topological polar surface area (TPSA) is 89.5 Å². The summed E-state index contributed by atoms with van der Waals surface area (Å²) >= 11 is 0. The van der Waals surface area contributed by atoms with Crippen molar-refractivity contribution in [1.29, 1.82) is 0 Å². The summed E-state index contributed by atoms with van der Waals surface area (Å²) in [6.45, 7) is 12.6. The minimum Gasteiger partial charge on any atom is -0.497 e. The van der Waals surface area contributed by atoms with Crippen LogP contribution in [-0.2, 0) is 19.0 Å². The average Bonchev–Trinajstić information content (AvgIpc) is 3.01. The van der Waals surface area contributed by atoms with E-state index in [0.29, 0.717) is 50.1 Å². The van der Waals surface area contributed by atoms with Gasteiger partial charge < -0.3 is 28.4 Å². The summed E-state index contributed by atoms with van der Waals surface area (Å²) in [5, 5.41) is 0. The maximum absolute atomic E-state index is 12.6. The number of hydrogen-bond acceptors (Lipinski definition) is 8. The van der Waals surface area contributed by atoms with Gasteiger partial charge in [0.15, 0.2) is 0 Å². The van der Waals surface area contributed by atoms with Gasteiger partial charge >= 0.3 is 11.9 Å². The summed E-state index contributed by atoms with van der Waals surface area (Å²) in [5.74, 6) is 1.39. The van der Waals surface area contributed by atoms with Crippen LogP contribution in [0.5, 0.6) is 17.2 Å². The molecule has 3 aromatic carbocycles. The molecular weight excluding hydrogens is 560 g/mol. The molecule has 8 heteroatoms. The summed E-state index contributed by atoms with van der Waals surface area (Å²) in [4.78, 5) is 25.0. The molecular formula is C36H46O8. The highest BCUT2D eigenvalue weighted by Crippen LogP contribution is 2.30. The Morgan fingerprint density at radius 2 is 1.16 bits per heavy atom. The minimum atomic E-state index is -0.448. The van der Waals surface area contributed by atoms with E-state index in [4.69, 9.17) is 28.4 Å². The molecule has 44 heavy (non-hydrogen) atoms. The van der Waals surface area contributed by atoms with E-state index in [1.54, 1.807) is 43.5 Å². The number of rotatable bonds is 17. The molecule has 0 spiro atoms. The third-order valence-corrected chi connectivity index (χ3v) is 6.86. The molecule has 0 aromatic heterocycles. The van der Waals surface area contributed by atoms with Crippen molar-refractivity contribution >= 4 is 11.9 Å². The Morgan fingerprint density at radius 3 is 1.68 bits per heavy atom. The summed E-state index contributed by atoms with van der Waals surface area (Å²) in [7, 11) is 1.63. The number of esters is 2. The predicted molar refractivity (Wildman–Crippen MR) is 170 cm³/mol. The lowest BCUT2D eigenvalue weighted by atomic mass is 9.80. The maximum atomic E-state index is 12.6. The van der Waals surface area contributed by atoms with Gasteiger partial charge in [0.05, 0.1) is 45.0 Å². The monoisotopic (exact) mass is 606 g/mol. The van der Waals surface area contributed by atoms with Gasteiger partial charge in [0, 0.05) is 0 Å².